The number of furan rings is 1. The highest BCUT2D eigenvalue weighted by molar-refractivity contribution is 6.03. The lowest BCUT2D eigenvalue weighted by Crippen LogP contribution is -2.28. The summed E-state index contributed by atoms with van der Waals surface area (Å²) in [6, 6.07) is 16.1. The minimum Gasteiger partial charge on any atom is -0.460 e. The number of hydrogen-bond donors (Lipinski definition) is 2. The van der Waals surface area contributed by atoms with Crippen LogP contribution >= 0.6 is 0 Å². The van der Waals surface area contributed by atoms with Gasteiger partial charge < -0.3 is 19.8 Å². The van der Waals surface area contributed by atoms with E-state index in [9.17, 15) is 14.4 Å². The Hall–Kier alpha value is -3.87. The molecule has 0 bridgehead atoms. The first kappa shape index (κ1) is 22.8. The largest absolute Gasteiger partial charge is 0.460 e. The fourth-order valence-corrected chi connectivity index (χ4v) is 2.99. The van der Waals surface area contributed by atoms with Crippen LogP contribution in [0, 0.1) is 13.8 Å². The highest BCUT2D eigenvalue weighted by Gasteiger charge is 2.14. The zero-order chi connectivity index (χ0) is 22.9. The number of hydrogen-bond acceptors (Lipinski definition) is 5. The van der Waals surface area contributed by atoms with Crippen molar-refractivity contribution < 1.29 is 23.5 Å². The van der Waals surface area contributed by atoms with Crippen molar-refractivity contribution in [3.8, 4) is 0 Å². The summed E-state index contributed by atoms with van der Waals surface area (Å²) in [6.07, 6.45) is 2.44. The van der Waals surface area contributed by atoms with E-state index in [0.29, 0.717) is 24.1 Å². The van der Waals surface area contributed by atoms with Gasteiger partial charge in [0, 0.05) is 12.1 Å². The lowest BCUT2D eigenvalue weighted by atomic mass is 10.1. The summed E-state index contributed by atoms with van der Waals surface area (Å²) in [5.74, 6) is -0.861. The third kappa shape index (κ3) is 6.57. The smallest absolute Gasteiger partial charge is 0.338 e. The molecule has 166 valence electrons. The molecule has 0 atom stereocenters. The van der Waals surface area contributed by atoms with Gasteiger partial charge in [0.25, 0.3) is 5.91 Å². The van der Waals surface area contributed by atoms with Crippen LogP contribution in [0.15, 0.2) is 65.3 Å². The first-order valence-corrected chi connectivity index (χ1v) is 10.4. The van der Waals surface area contributed by atoms with Gasteiger partial charge in [-0.25, -0.2) is 4.79 Å². The first-order chi connectivity index (χ1) is 15.4. The van der Waals surface area contributed by atoms with Crippen LogP contribution in [0.2, 0.25) is 0 Å². The van der Waals surface area contributed by atoms with E-state index in [2.05, 4.69) is 10.6 Å². The topological polar surface area (TPSA) is 97.6 Å². The highest BCUT2D eigenvalue weighted by atomic mass is 16.5. The molecule has 3 aromatic rings. The second kappa shape index (κ2) is 10.9. The van der Waals surface area contributed by atoms with Crippen LogP contribution in [-0.2, 0) is 16.0 Å². The molecule has 1 aromatic heterocycles. The summed E-state index contributed by atoms with van der Waals surface area (Å²) in [6.45, 7) is 4.12. The summed E-state index contributed by atoms with van der Waals surface area (Å²) >= 11 is 0. The maximum atomic E-state index is 12.3. The molecule has 1 heterocycles. The molecule has 2 amide bonds. The van der Waals surface area contributed by atoms with Crippen molar-refractivity contribution in [1.82, 2.24) is 5.32 Å². The van der Waals surface area contributed by atoms with Gasteiger partial charge in [0.1, 0.15) is 6.61 Å². The number of carbonyl (C=O) groups excluding carboxylic acids is 3. The lowest BCUT2D eigenvalue weighted by Gasteiger charge is -2.10. The Morgan fingerprint density at radius 2 is 1.78 bits per heavy atom. The molecule has 7 nitrogen and oxygen atoms in total. The molecule has 0 spiro atoms. The molecule has 0 unspecified atom stereocenters. The van der Waals surface area contributed by atoms with E-state index in [1.165, 1.54) is 11.8 Å². The SMILES string of the molecule is Cc1ccc(CCC(=O)NCCOC(=O)c2ccc(C)c(NC(=O)c3ccco3)c2)cc1. The van der Waals surface area contributed by atoms with Crippen LogP contribution in [0.5, 0.6) is 0 Å². The third-order valence-electron chi connectivity index (χ3n) is 4.89. The molecule has 0 saturated carbocycles. The van der Waals surface area contributed by atoms with Crippen LogP contribution in [0.3, 0.4) is 0 Å². The Kier molecular flexibility index (Phi) is 7.80. The number of nitrogens with one attached hydrogen (secondary N) is 2. The number of carbonyl (C=O) groups is 3. The molecular formula is C25H26N2O5. The van der Waals surface area contributed by atoms with E-state index in [4.69, 9.17) is 9.15 Å². The van der Waals surface area contributed by atoms with Crippen LogP contribution < -0.4 is 10.6 Å². The fraction of sp³-hybridized carbons (Fsp3) is 0.240. The predicted molar refractivity (Wildman–Crippen MR) is 121 cm³/mol. The van der Waals surface area contributed by atoms with Gasteiger partial charge in [-0.2, -0.15) is 0 Å². The summed E-state index contributed by atoms with van der Waals surface area (Å²) < 4.78 is 10.3. The Morgan fingerprint density at radius 1 is 1.00 bits per heavy atom. The van der Waals surface area contributed by atoms with Gasteiger partial charge in [-0.3, -0.25) is 9.59 Å². The van der Waals surface area contributed by atoms with Crippen molar-refractivity contribution in [3.63, 3.8) is 0 Å². The van der Waals surface area contributed by atoms with E-state index in [1.54, 1.807) is 30.3 Å². The van der Waals surface area contributed by atoms with Crippen LogP contribution in [0.4, 0.5) is 5.69 Å². The summed E-state index contributed by atoms with van der Waals surface area (Å²) in [5, 5.41) is 5.47. The zero-order valence-corrected chi connectivity index (χ0v) is 18.1. The van der Waals surface area contributed by atoms with E-state index >= 15 is 0 Å². The Labute approximate surface area is 186 Å². The molecule has 0 radical (unpaired) electrons. The molecule has 0 saturated heterocycles. The molecule has 2 N–H and O–H groups in total. The van der Waals surface area contributed by atoms with Gasteiger partial charge in [-0.15, -0.1) is 0 Å². The number of aryl methyl sites for hydroxylation is 3. The van der Waals surface area contributed by atoms with Crippen LogP contribution in [0.1, 0.15) is 44.0 Å². The zero-order valence-electron chi connectivity index (χ0n) is 18.1. The Balaban J connectivity index is 1.43. The third-order valence-corrected chi connectivity index (χ3v) is 4.89. The maximum absolute atomic E-state index is 12.3. The number of benzene rings is 2. The molecule has 0 fully saturated rings. The van der Waals surface area contributed by atoms with Crippen molar-refractivity contribution in [3.05, 3.63) is 88.9 Å². The lowest BCUT2D eigenvalue weighted by molar-refractivity contribution is -0.121. The molecular weight excluding hydrogens is 408 g/mol. The minimum atomic E-state index is -0.535. The number of amides is 2. The van der Waals surface area contributed by atoms with Crippen molar-refractivity contribution in [2.75, 3.05) is 18.5 Å². The second-order valence-corrected chi connectivity index (χ2v) is 7.43. The summed E-state index contributed by atoms with van der Waals surface area (Å²) in [7, 11) is 0. The standard InChI is InChI=1S/C25H26N2O5/c1-17-5-8-19(9-6-17)10-12-23(28)26-13-15-32-25(30)20-11-7-18(2)21(16-20)27-24(29)22-4-3-14-31-22/h3-9,11,14,16H,10,12-13,15H2,1-2H3,(H,26,28)(H,27,29). The molecule has 32 heavy (non-hydrogen) atoms. The van der Waals surface area contributed by atoms with E-state index < -0.39 is 11.9 Å². The normalized spacial score (nSPS) is 10.4. The molecule has 7 heteroatoms. The summed E-state index contributed by atoms with van der Waals surface area (Å²) in [5.41, 5.74) is 3.87. The average Bonchev–Trinajstić information content (AvgIpc) is 3.33. The maximum Gasteiger partial charge on any atom is 0.338 e. The number of ether oxygens (including phenoxy) is 1. The number of anilines is 1. The Morgan fingerprint density at radius 3 is 2.50 bits per heavy atom. The summed E-state index contributed by atoms with van der Waals surface area (Å²) in [4.78, 5) is 36.5. The van der Waals surface area contributed by atoms with Gasteiger partial charge in [0.15, 0.2) is 5.76 Å². The van der Waals surface area contributed by atoms with Crippen molar-refractivity contribution in [1.29, 1.82) is 0 Å². The number of rotatable bonds is 9. The van der Waals surface area contributed by atoms with Crippen LogP contribution in [0.25, 0.3) is 0 Å². The average molecular weight is 434 g/mol. The molecule has 2 aromatic carbocycles. The van der Waals surface area contributed by atoms with Crippen molar-refractivity contribution in [2.45, 2.75) is 26.7 Å². The monoisotopic (exact) mass is 434 g/mol. The van der Waals surface area contributed by atoms with Gasteiger partial charge >= 0.3 is 5.97 Å². The van der Waals surface area contributed by atoms with Crippen molar-refractivity contribution >= 4 is 23.5 Å². The molecule has 0 aliphatic heterocycles. The number of esters is 1. The minimum absolute atomic E-state index is 0.0526. The van der Waals surface area contributed by atoms with E-state index in [-0.39, 0.29) is 24.8 Å². The molecule has 0 aliphatic carbocycles. The highest BCUT2D eigenvalue weighted by Crippen LogP contribution is 2.19. The first-order valence-electron chi connectivity index (χ1n) is 10.4. The molecule has 0 aliphatic rings. The van der Waals surface area contributed by atoms with Gasteiger partial charge in [0.05, 0.1) is 18.4 Å². The van der Waals surface area contributed by atoms with Crippen molar-refractivity contribution in [2.24, 2.45) is 0 Å². The van der Waals surface area contributed by atoms with Gasteiger partial charge in [-0.05, 0) is 55.7 Å². The van der Waals surface area contributed by atoms with E-state index in [0.717, 1.165) is 11.1 Å². The molecule has 3 rings (SSSR count). The predicted octanol–water partition coefficient (Wildman–Crippen LogP) is 4.05. The quantitative estimate of drug-likeness (QED) is 0.391. The van der Waals surface area contributed by atoms with Crippen LogP contribution in [-0.4, -0.2) is 30.9 Å². The van der Waals surface area contributed by atoms with Gasteiger partial charge in [-0.1, -0.05) is 35.9 Å². The van der Waals surface area contributed by atoms with E-state index in [1.807, 2.05) is 38.1 Å². The Bertz CT molecular complexity index is 1070. The second-order valence-electron chi connectivity index (χ2n) is 7.43. The van der Waals surface area contributed by atoms with Gasteiger partial charge in [0.2, 0.25) is 5.91 Å². The fourth-order valence-electron chi connectivity index (χ4n) is 2.99.